The normalized spacial score (nSPS) is 22.6. The number of nitrogens with zero attached hydrogens (tertiary/aromatic N) is 1. The van der Waals surface area contributed by atoms with Crippen LogP contribution in [0.4, 0.5) is 0 Å². The van der Waals surface area contributed by atoms with Crippen LogP contribution in [0, 0.1) is 0 Å². The summed E-state index contributed by atoms with van der Waals surface area (Å²) in [6, 6.07) is 0. The van der Waals surface area contributed by atoms with Crippen molar-refractivity contribution in [3.63, 3.8) is 0 Å². The molecule has 1 saturated heterocycles. The van der Waals surface area contributed by atoms with Gasteiger partial charge in [0.2, 0.25) is 0 Å². The van der Waals surface area contributed by atoms with Gasteiger partial charge < -0.3 is 5.32 Å². The molecule has 1 rings (SSSR count). The lowest BCUT2D eigenvalue weighted by molar-refractivity contribution is 0.216. The van der Waals surface area contributed by atoms with Crippen molar-refractivity contribution in [2.45, 2.75) is 51.6 Å². The van der Waals surface area contributed by atoms with E-state index in [1.165, 1.54) is 4.31 Å². The van der Waals surface area contributed by atoms with E-state index in [1.807, 2.05) is 27.8 Å². The fraction of sp³-hybridized carbons (Fsp3) is 1.00. The third kappa shape index (κ3) is 4.21. The molecule has 0 aliphatic carbocycles. The van der Waals surface area contributed by atoms with Crippen LogP contribution in [0.15, 0.2) is 0 Å². The molecule has 1 aliphatic rings. The summed E-state index contributed by atoms with van der Waals surface area (Å²) in [4.78, 5) is 0. The van der Waals surface area contributed by atoms with Crippen LogP contribution in [0.2, 0.25) is 0 Å². The van der Waals surface area contributed by atoms with Crippen molar-refractivity contribution < 1.29 is 8.42 Å². The fourth-order valence-electron chi connectivity index (χ4n) is 1.92. The molecule has 1 heterocycles. The number of hydrogen-bond donors (Lipinski definition) is 2. The molecule has 0 aromatic heterocycles. The molecule has 0 atom stereocenters. The Morgan fingerprint density at radius 2 is 1.65 bits per heavy atom. The predicted octanol–water partition coefficient (Wildman–Crippen LogP) is 0.693. The largest absolute Gasteiger partial charge is 0.314 e. The number of piperidine rings is 1. The van der Waals surface area contributed by atoms with Gasteiger partial charge in [0, 0.05) is 24.2 Å². The van der Waals surface area contributed by atoms with Gasteiger partial charge in [0.1, 0.15) is 0 Å². The van der Waals surface area contributed by atoms with Crippen molar-refractivity contribution in [1.82, 2.24) is 14.3 Å². The van der Waals surface area contributed by atoms with Gasteiger partial charge >= 0.3 is 0 Å². The fourth-order valence-corrected chi connectivity index (χ4v) is 3.49. The van der Waals surface area contributed by atoms with Gasteiger partial charge in [-0.3, -0.25) is 0 Å². The summed E-state index contributed by atoms with van der Waals surface area (Å²) in [6.07, 6.45) is 1.68. The maximum Gasteiger partial charge on any atom is 0.279 e. The summed E-state index contributed by atoms with van der Waals surface area (Å²) in [6.45, 7) is 8.84. The Labute approximate surface area is 105 Å². The molecule has 0 aromatic carbocycles. The van der Waals surface area contributed by atoms with E-state index in [2.05, 4.69) is 17.0 Å². The molecule has 0 bridgehead atoms. The average Bonchev–Trinajstić information content (AvgIpc) is 2.15. The van der Waals surface area contributed by atoms with Crippen molar-refractivity contribution in [3.05, 3.63) is 0 Å². The van der Waals surface area contributed by atoms with E-state index in [9.17, 15) is 8.42 Å². The number of nitrogens with one attached hydrogen (secondary N) is 2. The highest BCUT2D eigenvalue weighted by atomic mass is 32.2. The molecule has 0 unspecified atom stereocenters. The Kier molecular flexibility index (Phi) is 4.24. The third-order valence-electron chi connectivity index (χ3n) is 3.20. The van der Waals surface area contributed by atoms with Crippen LogP contribution >= 0.6 is 0 Å². The number of hydrogen-bond acceptors (Lipinski definition) is 3. The topological polar surface area (TPSA) is 61.4 Å². The molecule has 0 spiro atoms. The summed E-state index contributed by atoms with van der Waals surface area (Å²) >= 11 is 0. The van der Waals surface area contributed by atoms with Crippen LogP contribution in [0.1, 0.15) is 40.5 Å². The lowest BCUT2D eigenvalue weighted by atomic mass is 9.91. The SMILES string of the molecule is CNC1(C)CCN(S(=O)(=O)NC(C)(C)C)CC1. The van der Waals surface area contributed by atoms with Gasteiger partial charge in [0.15, 0.2) is 0 Å². The van der Waals surface area contributed by atoms with Gasteiger partial charge in [-0.15, -0.1) is 0 Å². The van der Waals surface area contributed by atoms with Crippen molar-refractivity contribution in [3.8, 4) is 0 Å². The van der Waals surface area contributed by atoms with E-state index in [0.29, 0.717) is 13.1 Å². The first kappa shape index (κ1) is 14.9. The van der Waals surface area contributed by atoms with E-state index in [-0.39, 0.29) is 5.54 Å². The molecule has 0 aromatic rings. The van der Waals surface area contributed by atoms with Crippen molar-refractivity contribution in [2.24, 2.45) is 0 Å². The molecule has 6 heteroatoms. The molecule has 0 amide bonds. The minimum Gasteiger partial charge on any atom is -0.314 e. The molecule has 0 radical (unpaired) electrons. The smallest absolute Gasteiger partial charge is 0.279 e. The minimum absolute atomic E-state index is 0.0632. The zero-order valence-corrected chi connectivity index (χ0v) is 12.3. The second kappa shape index (κ2) is 4.84. The van der Waals surface area contributed by atoms with Crippen LogP contribution in [0.25, 0.3) is 0 Å². The van der Waals surface area contributed by atoms with Gasteiger partial charge in [0.25, 0.3) is 10.2 Å². The van der Waals surface area contributed by atoms with Gasteiger partial charge in [0.05, 0.1) is 0 Å². The summed E-state index contributed by atoms with van der Waals surface area (Å²) in [5.41, 5.74) is -0.365. The molecular formula is C11H25N3O2S. The maximum atomic E-state index is 12.1. The summed E-state index contributed by atoms with van der Waals surface area (Å²) in [5, 5.41) is 3.26. The van der Waals surface area contributed by atoms with Crippen LogP contribution in [0.5, 0.6) is 0 Å². The van der Waals surface area contributed by atoms with Crippen LogP contribution < -0.4 is 10.0 Å². The molecule has 1 aliphatic heterocycles. The van der Waals surface area contributed by atoms with Gasteiger partial charge in [-0.25, -0.2) is 0 Å². The van der Waals surface area contributed by atoms with Crippen molar-refractivity contribution in [2.75, 3.05) is 20.1 Å². The Hall–Kier alpha value is -0.170. The van der Waals surface area contributed by atoms with E-state index in [1.54, 1.807) is 0 Å². The highest BCUT2D eigenvalue weighted by Gasteiger charge is 2.34. The molecule has 17 heavy (non-hydrogen) atoms. The zero-order valence-electron chi connectivity index (χ0n) is 11.5. The highest BCUT2D eigenvalue weighted by Crippen LogP contribution is 2.23. The first-order valence-corrected chi connectivity index (χ1v) is 7.50. The minimum atomic E-state index is -3.34. The Bertz CT molecular complexity index is 351. The molecular weight excluding hydrogens is 238 g/mol. The Morgan fingerprint density at radius 1 is 1.18 bits per heavy atom. The monoisotopic (exact) mass is 263 g/mol. The Morgan fingerprint density at radius 3 is 2.00 bits per heavy atom. The standard InChI is InChI=1S/C11H25N3O2S/c1-10(2,3)13-17(15,16)14-8-6-11(4,12-5)7-9-14/h12-13H,6-9H2,1-5H3. The lowest BCUT2D eigenvalue weighted by Gasteiger charge is -2.39. The summed E-state index contributed by atoms with van der Waals surface area (Å²) in [7, 11) is -1.42. The van der Waals surface area contributed by atoms with Gasteiger partial charge in [-0.05, 0) is 47.6 Å². The Balaban J connectivity index is 2.66. The molecule has 102 valence electrons. The van der Waals surface area contributed by atoms with Crippen LogP contribution in [-0.2, 0) is 10.2 Å². The lowest BCUT2D eigenvalue weighted by Crippen LogP contribution is -2.55. The van der Waals surface area contributed by atoms with Crippen LogP contribution in [0.3, 0.4) is 0 Å². The summed E-state index contributed by atoms with van der Waals surface area (Å²) in [5.74, 6) is 0. The molecule has 0 saturated carbocycles. The van der Waals surface area contributed by atoms with E-state index < -0.39 is 15.7 Å². The molecule has 5 nitrogen and oxygen atoms in total. The predicted molar refractivity (Wildman–Crippen MR) is 70.1 cm³/mol. The molecule has 2 N–H and O–H groups in total. The van der Waals surface area contributed by atoms with E-state index in [0.717, 1.165) is 12.8 Å². The highest BCUT2D eigenvalue weighted by molar-refractivity contribution is 7.87. The van der Waals surface area contributed by atoms with Gasteiger partial charge in [-0.1, -0.05) is 0 Å². The summed E-state index contributed by atoms with van der Waals surface area (Å²) < 4.78 is 28.4. The van der Waals surface area contributed by atoms with Crippen molar-refractivity contribution >= 4 is 10.2 Å². The maximum absolute atomic E-state index is 12.1. The van der Waals surface area contributed by atoms with Crippen molar-refractivity contribution in [1.29, 1.82) is 0 Å². The average molecular weight is 263 g/mol. The second-order valence-corrected chi connectivity index (χ2v) is 7.74. The first-order chi connectivity index (χ1) is 7.58. The third-order valence-corrected chi connectivity index (χ3v) is 5.12. The van der Waals surface area contributed by atoms with E-state index >= 15 is 0 Å². The zero-order chi connectivity index (χ0) is 13.3. The van der Waals surface area contributed by atoms with E-state index in [4.69, 9.17) is 0 Å². The molecule has 1 fully saturated rings. The quantitative estimate of drug-likeness (QED) is 0.787. The van der Waals surface area contributed by atoms with Crippen LogP contribution in [-0.4, -0.2) is 43.9 Å². The van der Waals surface area contributed by atoms with Gasteiger partial charge in [-0.2, -0.15) is 17.4 Å². The first-order valence-electron chi connectivity index (χ1n) is 6.06. The number of rotatable bonds is 3. The second-order valence-electron chi connectivity index (χ2n) is 6.07.